The topological polar surface area (TPSA) is 41.1 Å². The molecule has 4 nitrogen and oxygen atoms in total. The molecule has 0 amide bonds. The Hall–Kier alpha value is -1.32. The molecule has 17 heavy (non-hydrogen) atoms. The molecule has 1 aromatic rings. The molecule has 4 heteroatoms. The number of hydrogen-bond acceptors (Lipinski definition) is 4. The summed E-state index contributed by atoms with van der Waals surface area (Å²) in [6.07, 6.45) is 5.20. The van der Waals surface area contributed by atoms with Gasteiger partial charge in [-0.05, 0) is 25.3 Å². The van der Waals surface area contributed by atoms with E-state index in [1.165, 1.54) is 0 Å². The minimum atomic E-state index is 0.738. The van der Waals surface area contributed by atoms with E-state index in [9.17, 15) is 0 Å². The molecule has 0 aliphatic heterocycles. The first-order valence-electron chi connectivity index (χ1n) is 6.63. The predicted octanol–water partition coefficient (Wildman–Crippen LogP) is 2.92. The second-order valence-corrected chi connectivity index (χ2v) is 4.15. The van der Waals surface area contributed by atoms with Crippen LogP contribution >= 0.6 is 0 Å². The number of aromatic nitrogens is 2. The van der Waals surface area contributed by atoms with E-state index in [1.54, 1.807) is 0 Å². The van der Waals surface area contributed by atoms with E-state index in [1.807, 2.05) is 12.3 Å². The molecule has 0 spiro atoms. The Kier molecular flexibility index (Phi) is 6.37. The van der Waals surface area contributed by atoms with Gasteiger partial charge in [-0.3, -0.25) is 0 Å². The summed E-state index contributed by atoms with van der Waals surface area (Å²) in [5, 5.41) is 3.22. The van der Waals surface area contributed by atoms with Crippen LogP contribution < -0.4 is 10.2 Å². The first kappa shape index (κ1) is 13.7. The third-order valence-corrected chi connectivity index (χ3v) is 2.49. The monoisotopic (exact) mass is 236 g/mol. The van der Waals surface area contributed by atoms with Gasteiger partial charge < -0.3 is 10.2 Å². The van der Waals surface area contributed by atoms with Crippen molar-refractivity contribution in [1.29, 1.82) is 0 Å². The molecule has 0 aliphatic rings. The molecule has 0 atom stereocenters. The molecule has 0 bridgehead atoms. The van der Waals surface area contributed by atoms with E-state index >= 15 is 0 Å². The average molecular weight is 236 g/mol. The predicted molar refractivity (Wildman–Crippen MR) is 73.6 cm³/mol. The van der Waals surface area contributed by atoms with Gasteiger partial charge in [0, 0.05) is 25.8 Å². The van der Waals surface area contributed by atoms with Gasteiger partial charge >= 0.3 is 0 Å². The summed E-state index contributed by atoms with van der Waals surface area (Å²) >= 11 is 0. The Bertz CT molecular complexity index is 308. The summed E-state index contributed by atoms with van der Waals surface area (Å²) in [5.41, 5.74) is 0. The van der Waals surface area contributed by atoms with E-state index in [2.05, 4.69) is 41.0 Å². The molecule has 1 heterocycles. The highest BCUT2D eigenvalue weighted by Gasteiger charge is 2.06. The van der Waals surface area contributed by atoms with Gasteiger partial charge in [-0.1, -0.05) is 20.8 Å². The van der Waals surface area contributed by atoms with Crippen molar-refractivity contribution < 1.29 is 0 Å². The van der Waals surface area contributed by atoms with Crippen LogP contribution in [-0.2, 0) is 0 Å². The molecule has 0 saturated carbocycles. The lowest BCUT2D eigenvalue weighted by Gasteiger charge is -2.22. The molecule has 0 radical (unpaired) electrons. The fraction of sp³-hybridized carbons (Fsp3) is 0.692. The van der Waals surface area contributed by atoms with E-state index in [4.69, 9.17) is 0 Å². The highest BCUT2D eigenvalue weighted by atomic mass is 15.2. The van der Waals surface area contributed by atoms with Gasteiger partial charge in [-0.15, -0.1) is 0 Å². The first-order valence-corrected chi connectivity index (χ1v) is 6.63. The number of nitrogens with one attached hydrogen (secondary N) is 1. The Morgan fingerprint density at radius 1 is 1.12 bits per heavy atom. The Balaban J connectivity index is 2.72. The van der Waals surface area contributed by atoms with Crippen molar-refractivity contribution in [3.63, 3.8) is 0 Å². The van der Waals surface area contributed by atoms with Crippen molar-refractivity contribution in [2.75, 3.05) is 29.9 Å². The van der Waals surface area contributed by atoms with Crippen molar-refractivity contribution in [1.82, 2.24) is 9.97 Å². The summed E-state index contributed by atoms with van der Waals surface area (Å²) < 4.78 is 0. The Morgan fingerprint density at radius 2 is 1.82 bits per heavy atom. The maximum Gasteiger partial charge on any atom is 0.224 e. The van der Waals surface area contributed by atoms with Crippen LogP contribution in [0.15, 0.2) is 12.3 Å². The fourth-order valence-corrected chi connectivity index (χ4v) is 1.73. The van der Waals surface area contributed by atoms with Crippen LogP contribution in [0.25, 0.3) is 0 Å². The minimum Gasteiger partial charge on any atom is -0.356 e. The maximum atomic E-state index is 4.55. The Morgan fingerprint density at radius 3 is 2.41 bits per heavy atom. The van der Waals surface area contributed by atoms with Crippen molar-refractivity contribution in [3.8, 4) is 0 Å². The van der Waals surface area contributed by atoms with E-state index in [-0.39, 0.29) is 0 Å². The van der Waals surface area contributed by atoms with Crippen LogP contribution in [-0.4, -0.2) is 29.6 Å². The summed E-state index contributed by atoms with van der Waals surface area (Å²) in [4.78, 5) is 11.1. The maximum absolute atomic E-state index is 4.55. The van der Waals surface area contributed by atoms with E-state index < -0.39 is 0 Å². The smallest absolute Gasteiger partial charge is 0.224 e. The normalized spacial score (nSPS) is 10.3. The largest absolute Gasteiger partial charge is 0.356 e. The molecule has 0 aliphatic carbocycles. The lowest BCUT2D eigenvalue weighted by Crippen LogP contribution is -2.26. The number of anilines is 2. The zero-order valence-corrected chi connectivity index (χ0v) is 11.2. The number of rotatable bonds is 8. The molecular weight excluding hydrogens is 212 g/mol. The van der Waals surface area contributed by atoms with Gasteiger partial charge in [0.05, 0.1) is 0 Å². The van der Waals surface area contributed by atoms with Crippen LogP contribution in [0, 0.1) is 0 Å². The van der Waals surface area contributed by atoms with Crippen LogP contribution in [0.5, 0.6) is 0 Å². The second-order valence-electron chi connectivity index (χ2n) is 4.15. The van der Waals surface area contributed by atoms with Crippen molar-refractivity contribution >= 4 is 11.8 Å². The van der Waals surface area contributed by atoms with Crippen molar-refractivity contribution in [2.24, 2.45) is 0 Å². The van der Waals surface area contributed by atoms with Gasteiger partial charge in [0.25, 0.3) is 0 Å². The summed E-state index contributed by atoms with van der Waals surface area (Å²) in [5.74, 6) is 1.77. The van der Waals surface area contributed by atoms with Crippen LogP contribution in [0.4, 0.5) is 11.8 Å². The van der Waals surface area contributed by atoms with E-state index in [0.29, 0.717) is 0 Å². The molecule has 0 aromatic carbocycles. The molecular formula is C13H24N4. The number of nitrogens with zero attached hydrogens (tertiary/aromatic N) is 3. The molecule has 1 rings (SSSR count). The van der Waals surface area contributed by atoms with E-state index in [0.717, 1.165) is 50.7 Å². The number of hydrogen-bond donors (Lipinski definition) is 1. The van der Waals surface area contributed by atoms with Gasteiger partial charge in [0.15, 0.2) is 0 Å². The summed E-state index contributed by atoms with van der Waals surface area (Å²) in [6.45, 7) is 9.55. The average Bonchev–Trinajstić information content (AvgIpc) is 2.36. The molecule has 1 N–H and O–H groups in total. The van der Waals surface area contributed by atoms with Gasteiger partial charge in [-0.2, -0.15) is 4.98 Å². The highest BCUT2D eigenvalue weighted by Crippen LogP contribution is 2.13. The molecule has 0 fully saturated rings. The van der Waals surface area contributed by atoms with Gasteiger partial charge in [0.2, 0.25) is 5.95 Å². The molecule has 1 aromatic heterocycles. The minimum absolute atomic E-state index is 0.738. The zero-order chi connectivity index (χ0) is 12.5. The SMILES string of the molecule is CCCNc1nccc(N(CCC)CCC)n1. The van der Waals surface area contributed by atoms with Gasteiger partial charge in [0.1, 0.15) is 5.82 Å². The lowest BCUT2D eigenvalue weighted by molar-refractivity contribution is 0.732. The van der Waals surface area contributed by atoms with Crippen LogP contribution in [0.1, 0.15) is 40.0 Å². The highest BCUT2D eigenvalue weighted by molar-refractivity contribution is 5.42. The molecule has 0 unspecified atom stereocenters. The zero-order valence-electron chi connectivity index (χ0n) is 11.2. The molecule has 0 saturated heterocycles. The molecule has 96 valence electrons. The quantitative estimate of drug-likeness (QED) is 0.753. The second kappa shape index (κ2) is 7.87. The standard InChI is InChI=1S/C13H24N4/c1-4-8-14-13-15-9-7-12(16-13)17(10-5-2)11-6-3/h7,9H,4-6,8,10-11H2,1-3H3,(H,14,15,16). The first-order chi connectivity index (χ1) is 8.31. The van der Waals surface area contributed by atoms with Gasteiger partial charge in [-0.25, -0.2) is 4.98 Å². The van der Waals surface area contributed by atoms with Crippen LogP contribution in [0.2, 0.25) is 0 Å². The third-order valence-electron chi connectivity index (χ3n) is 2.49. The summed E-state index contributed by atoms with van der Waals surface area (Å²) in [7, 11) is 0. The van der Waals surface area contributed by atoms with Crippen molar-refractivity contribution in [3.05, 3.63) is 12.3 Å². The Labute approximate surface area is 104 Å². The van der Waals surface area contributed by atoms with Crippen molar-refractivity contribution in [2.45, 2.75) is 40.0 Å². The van der Waals surface area contributed by atoms with Crippen LogP contribution in [0.3, 0.4) is 0 Å². The fourth-order valence-electron chi connectivity index (χ4n) is 1.73. The third kappa shape index (κ3) is 4.59. The summed E-state index contributed by atoms with van der Waals surface area (Å²) in [6, 6.07) is 1.99. The lowest BCUT2D eigenvalue weighted by atomic mass is 10.3.